The second-order valence-corrected chi connectivity index (χ2v) is 3.00. The molecule has 1 aromatic heterocycles. The maximum absolute atomic E-state index is 5.49. The van der Waals surface area contributed by atoms with Crippen LogP contribution in [0.4, 0.5) is 0 Å². The molecule has 15 heavy (non-hydrogen) atoms. The molecule has 0 radical (unpaired) electrons. The Morgan fingerprint density at radius 1 is 1.13 bits per heavy atom. The summed E-state index contributed by atoms with van der Waals surface area (Å²) in [5, 5.41) is 0. The third kappa shape index (κ3) is 2.51. The zero-order chi connectivity index (χ0) is 10.5. The van der Waals surface area contributed by atoms with Crippen molar-refractivity contribution >= 4 is 0 Å². The summed E-state index contributed by atoms with van der Waals surface area (Å²) in [5.41, 5.74) is 6.57. The Morgan fingerprint density at radius 3 is 2.53 bits per heavy atom. The van der Waals surface area contributed by atoms with Crippen LogP contribution in [-0.2, 0) is 6.54 Å². The Bertz CT molecular complexity index is 414. The van der Waals surface area contributed by atoms with Crippen molar-refractivity contribution in [1.82, 2.24) is 9.97 Å². The normalized spacial score (nSPS) is 9.93. The molecule has 0 saturated carbocycles. The minimum atomic E-state index is 0.533. The summed E-state index contributed by atoms with van der Waals surface area (Å²) in [5.74, 6) is 1.27. The van der Waals surface area contributed by atoms with Crippen LogP contribution in [0.5, 0.6) is 11.6 Å². The van der Waals surface area contributed by atoms with Gasteiger partial charge in [-0.15, -0.1) is 0 Å². The maximum Gasteiger partial charge on any atom is 0.222 e. The monoisotopic (exact) mass is 201 g/mol. The van der Waals surface area contributed by atoms with Crippen LogP contribution in [0, 0.1) is 0 Å². The van der Waals surface area contributed by atoms with E-state index >= 15 is 0 Å². The summed E-state index contributed by atoms with van der Waals surface area (Å²) in [6.07, 6.45) is 3.08. The molecule has 0 atom stereocenters. The fraction of sp³-hybridized carbons (Fsp3) is 0.0909. The van der Waals surface area contributed by atoms with Gasteiger partial charge in [0.2, 0.25) is 5.88 Å². The molecule has 0 spiro atoms. The first-order chi connectivity index (χ1) is 7.38. The molecule has 2 aromatic rings. The van der Waals surface area contributed by atoms with Gasteiger partial charge < -0.3 is 10.5 Å². The minimum absolute atomic E-state index is 0.533. The Balaban J connectivity index is 2.11. The van der Waals surface area contributed by atoms with E-state index in [0.29, 0.717) is 12.4 Å². The van der Waals surface area contributed by atoms with Crippen LogP contribution in [-0.4, -0.2) is 9.97 Å². The highest BCUT2D eigenvalue weighted by molar-refractivity contribution is 5.29. The molecule has 4 heteroatoms. The van der Waals surface area contributed by atoms with Crippen molar-refractivity contribution in [3.05, 3.63) is 48.4 Å². The van der Waals surface area contributed by atoms with Gasteiger partial charge in [-0.2, -0.15) is 0 Å². The standard InChI is InChI=1S/C11H11N3O/c12-7-9-1-3-10(4-2-9)15-11-5-6-13-8-14-11/h1-6,8H,7,12H2. The van der Waals surface area contributed by atoms with Gasteiger partial charge in [0.05, 0.1) is 0 Å². The molecule has 1 aromatic carbocycles. The van der Waals surface area contributed by atoms with Crippen LogP contribution in [0.15, 0.2) is 42.9 Å². The zero-order valence-corrected chi connectivity index (χ0v) is 8.13. The molecular formula is C11H11N3O. The SMILES string of the molecule is NCc1ccc(Oc2ccncn2)cc1. The first-order valence-electron chi connectivity index (χ1n) is 4.61. The molecule has 0 amide bonds. The predicted molar refractivity (Wildman–Crippen MR) is 56.4 cm³/mol. The lowest BCUT2D eigenvalue weighted by atomic mass is 10.2. The molecule has 0 fully saturated rings. The van der Waals surface area contributed by atoms with Crippen LogP contribution >= 0.6 is 0 Å². The Kier molecular flexibility index (Phi) is 2.90. The van der Waals surface area contributed by atoms with Crippen LogP contribution in [0.25, 0.3) is 0 Å². The fourth-order valence-corrected chi connectivity index (χ4v) is 1.15. The maximum atomic E-state index is 5.49. The van der Waals surface area contributed by atoms with Crippen LogP contribution in [0.3, 0.4) is 0 Å². The molecule has 0 unspecified atom stereocenters. The molecule has 2 rings (SSSR count). The van der Waals surface area contributed by atoms with E-state index in [1.165, 1.54) is 6.33 Å². The van der Waals surface area contributed by atoms with Crippen molar-refractivity contribution in [1.29, 1.82) is 0 Å². The Hall–Kier alpha value is -1.94. The van der Waals surface area contributed by atoms with E-state index in [1.807, 2.05) is 24.3 Å². The lowest BCUT2D eigenvalue weighted by molar-refractivity contribution is 0.461. The van der Waals surface area contributed by atoms with Gasteiger partial charge in [0.15, 0.2) is 0 Å². The molecule has 76 valence electrons. The van der Waals surface area contributed by atoms with Crippen molar-refractivity contribution in [3.63, 3.8) is 0 Å². The van der Waals surface area contributed by atoms with E-state index in [-0.39, 0.29) is 0 Å². The molecule has 4 nitrogen and oxygen atoms in total. The average molecular weight is 201 g/mol. The third-order valence-corrected chi connectivity index (χ3v) is 1.94. The molecule has 0 aliphatic heterocycles. The second kappa shape index (κ2) is 4.52. The molecule has 1 heterocycles. The lowest BCUT2D eigenvalue weighted by Gasteiger charge is -2.04. The number of hydrogen-bond donors (Lipinski definition) is 1. The molecule has 0 saturated heterocycles. The van der Waals surface area contributed by atoms with Gasteiger partial charge in [0, 0.05) is 18.8 Å². The number of aromatic nitrogens is 2. The van der Waals surface area contributed by atoms with E-state index in [1.54, 1.807) is 12.3 Å². The molecule has 2 N–H and O–H groups in total. The van der Waals surface area contributed by atoms with Crippen molar-refractivity contribution in [2.75, 3.05) is 0 Å². The van der Waals surface area contributed by atoms with E-state index in [4.69, 9.17) is 10.5 Å². The summed E-state index contributed by atoms with van der Waals surface area (Å²) in [4.78, 5) is 7.77. The van der Waals surface area contributed by atoms with Crippen molar-refractivity contribution in [2.24, 2.45) is 5.73 Å². The van der Waals surface area contributed by atoms with Gasteiger partial charge in [-0.05, 0) is 17.7 Å². The second-order valence-electron chi connectivity index (χ2n) is 3.00. The number of nitrogens with zero attached hydrogens (tertiary/aromatic N) is 2. The molecular weight excluding hydrogens is 190 g/mol. The summed E-state index contributed by atoms with van der Waals surface area (Å²) >= 11 is 0. The largest absolute Gasteiger partial charge is 0.439 e. The van der Waals surface area contributed by atoms with Crippen molar-refractivity contribution in [3.8, 4) is 11.6 Å². The van der Waals surface area contributed by atoms with E-state index in [0.717, 1.165) is 11.3 Å². The lowest BCUT2D eigenvalue weighted by Crippen LogP contribution is -1.95. The number of ether oxygens (including phenoxy) is 1. The summed E-state index contributed by atoms with van der Waals surface area (Å²) in [6.45, 7) is 0.536. The minimum Gasteiger partial charge on any atom is -0.439 e. The predicted octanol–water partition coefficient (Wildman–Crippen LogP) is 1.73. The highest BCUT2D eigenvalue weighted by Crippen LogP contribution is 2.18. The molecule has 0 aliphatic carbocycles. The van der Waals surface area contributed by atoms with E-state index in [9.17, 15) is 0 Å². The van der Waals surface area contributed by atoms with Gasteiger partial charge >= 0.3 is 0 Å². The van der Waals surface area contributed by atoms with Crippen LogP contribution in [0.1, 0.15) is 5.56 Å². The zero-order valence-electron chi connectivity index (χ0n) is 8.13. The highest BCUT2D eigenvalue weighted by Gasteiger charge is 1.97. The summed E-state index contributed by atoms with van der Waals surface area (Å²) in [7, 11) is 0. The van der Waals surface area contributed by atoms with Crippen molar-refractivity contribution < 1.29 is 4.74 Å². The van der Waals surface area contributed by atoms with Crippen LogP contribution < -0.4 is 10.5 Å². The number of benzene rings is 1. The summed E-state index contributed by atoms with van der Waals surface area (Å²) < 4.78 is 5.49. The van der Waals surface area contributed by atoms with Gasteiger partial charge in [0.1, 0.15) is 12.1 Å². The van der Waals surface area contributed by atoms with Crippen LogP contribution in [0.2, 0.25) is 0 Å². The van der Waals surface area contributed by atoms with Crippen molar-refractivity contribution in [2.45, 2.75) is 6.54 Å². The number of nitrogens with two attached hydrogens (primary N) is 1. The molecule has 0 bridgehead atoms. The van der Waals surface area contributed by atoms with Gasteiger partial charge in [-0.3, -0.25) is 0 Å². The molecule has 0 aliphatic rings. The van der Waals surface area contributed by atoms with Gasteiger partial charge in [-0.25, -0.2) is 9.97 Å². The van der Waals surface area contributed by atoms with Gasteiger partial charge in [-0.1, -0.05) is 12.1 Å². The smallest absolute Gasteiger partial charge is 0.222 e. The fourth-order valence-electron chi connectivity index (χ4n) is 1.15. The topological polar surface area (TPSA) is 61.0 Å². The average Bonchev–Trinajstić information content (AvgIpc) is 2.31. The van der Waals surface area contributed by atoms with E-state index in [2.05, 4.69) is 9.97 Å². The number of rotatable bonds is 3. The summed E-state index contributed by atoms with van der Waals surface area (Å²) in [6, 6.07) is 9.29. The Labute approximate surface area is 87.7 Å². The number of hydrogen-bond acceptors (Lipinski definition) is 4. The highest BCUT2D eigenvalue weighted by atomic mass is 16.5. The van der Waals surface area contributed by atoms with Gasteiger partial charge in [0.25, 0.3) is 0 Å². The first-order valence-corrected chi connectivity index (χ1v) is 4.61. The first kappa shape index (κ1) is 9.61. The van der Waals surface area contributed by atoms with E-state index < -0.39 is 0 Å². The third-order valence-electron chi connectivity index (χ3n) is 1.94. The quantitative estimate of drug-likeness (QED) is 0.821. The Morgan fingerprint density at radius 2 is 1.93 bits per heavy atom.